The normalized spacial score (nSPS) is 12.7. The highest BCUT2D eigenvalue weighted by Gasteiger charge is 2.25. The third kappa shape index (κ3) is 4.64. The van der Waals surface area contributed by atoms with Crippen molar-refractivity contribution in [1.82, 2.24) is 5.32 Å². The molecule has 8 nitrogen and oxygen atoms in total. The number of carbonyl (C=O) groups excluding carboxylic acids is 2. The molecule has 2 aromatic carbocycles. The number of nitrogens with zero attached hydrogens (tertiary/aromatic N) is 1. The minimum Gasteiger partial charge on any atom is -0.384 e. The third-order valence-electron chi connectivity index (χ3n) is 3.88. The molecular formula is C18H19N3O5. The number of nitro groups is 1. The van der Waals surface area contributed by atoms with Crippen LogP contribution >= 0.6 is 0 Å². The predicted octanol–water partition coefficient (Wildman–Crippen LogP) is 1.87. The van der Waals surface area contributed by atoms with E-state index in [1.165, 1.54) is 25.1 Å². The lowest BCUT2D eigenvalue weighted by Gasteiger charge is -2.24. The molecule has 1 atom stereocenters. The number of carbonyl (C=O) groups is 2. The van der Waals surface area contributed by atoms with Crippen LogP contribution in [0, 0.1) is 17.0 Å². The molecule has 136 valence electrons. The van der Waals surface area contributed by atoms with Gasteiger partial charge >= 0.3 is 11.8 Å². The van der Waals surface area contributed by atoms with Crippen LogP contribution in [0.4, 0.5) is 11.4 Å². The van der Waals surface area contributed by atoms with E-state index in [1.54, 1.807) is 37.3 Å². The predicted molar refractivity (Wildman–Crippen MR) is 95.5 cm³/mol. The van der Waals surface area contributed by atoms with E-state index in [0.717, 1.165) is 0 Å². The maximum Gasteiger partial charge on any atom is 0.313 e. The molecule has 26 heavy (non-hydrogen) atoms. The number of aliphatic hydroxyl groups is 1. The maximum atomic E-state index is 12.0. The summed E-state index contributed by atoms with van der Waals surface area (Å²) < 4.78 is 0. The Morgan fingerprint density at radius 3 is 2.42 bits per heavy atom. The van der Waals surface area contributed by atoms with E-state index in [4.69, 9.17) is 0 Å². The Morgan fingerprint density at radius 1 is 1.15 bits per heavy atom. The summed E-state index contributed by atoms with van der Waals surface area (Å²) in [6.07, 6.45) is 0. The van der Waals surface area contributed by atoms with E-state index in [1.807, 2.05) is 0 Å². The summed E-state index contributed by atoms with van der Waals surface area (Å²) in [7, 11) is 0. The van der Waals surface area contributed by atoms with Crippen molar-refractivity contribution >= 4 is 23.2 Å². The van der Waals surface area contributed by atoms with Gasteiger partial charge < -0.3 is 15.7 Å². The van der Waals surface area contributed by atoms with Crippen molar-refractivity contribution < 1.29 is 19.6 Å². The average molecular weight is 357 g/mol. The Morgan fingerprint density at radius 2 is 1.81 bits per heavy atom. The first kappa shape index (κ1) is 19.1. The van der Waals surface area contributed by atoms with Crippen LogP contribution in [0.15, 0.2) is 48.5 Å². The van der Waals surface area contributed by atoms with E-state index in [9.17, 15) is 24.8 Å². The number of hydrogen-bond donors (Lipinski definition) is 3. The molecular weight excluding hydrogens is 338 g/mol. The fourth-order valence-corrected chi connectivity index (χ4v) is 2.27. The molecule has 8 heteroatoms. The van der Waals surface area contributed by atoms with Gasteiger partial charge in [0.15, 0.2) is 0 Å². The molecule has 0 saturated carbocycles. The summed E-state index contributed by atoms with van der Waals surface area (Å²) in [6, 6.07) is 12.7. The number of rotatable bonds is 5. The highest BCUT2D eigenvalue weighted by Crippen LogP contribution is 2.22. The topological polar surface area (TPSA) is 122 Å². The summed E-state index contributed by atoms with van der Waals surface area (Å²) in [5, 5.41) is 26.0. The molecule has 0 aliphatic carbocycles. The van der Waals surface area contributed by atoms with Crippen LogP contribution in [0.5, 0.6) is 0 Å². The Labute approximate surface area is 150 Å². The van der Waals surface area contributed by atoms with Crippen LogP contribution in [0.25, 0.3) is 0 Å². The molecule has 0 aliphatic heterocycles. The van der Waals surface area contributed by atoms with Gasteiger partial charge in [-0.3, -0.25) is 19.7 Å². The third-order valence-corrected chi connectivity index (χ3v) is 3.88. The summed E-state index contributed by atoms with van der Waals surface area (Å²) in [6.45, 7) is 3.00. The van der Waals surface area contributed by atoms with Crippen molar-refractivity contribution in [3.63, 3.8) is 0 Å². The zero-order chi connectivity index (χ0) is 19.3. The molecule has 0 saturated heterocycles. The fourth-order valence-electron chi connectivity index (χ4n) is 2.27. The number of anilines is 1. The van der Waals surface area contributed by atoms with E-state index in [2.05, 4.69) is 10.6 Å². The minimum atomic E-state index is -1.35. The molecule has 0 radical (unpaired) electrons. The van der Waals surface area contributed by atoms with Crippen molar-refractivity contribution in [2.45, 2.75) is 19.4 Å². The molecule has 3 N–H and O–H groups in total. The van der Waals surface area contributed by atoms with Gasteiger partial charge in [0.1, 0.15) is 5.60 Å². The van der Waals surface area contributed by atoms with Crippen LogP contribution in [-0.2, 0) is 15.2 Å². The van der Waals surface area contributed by atoms with Gasteiger partial charge in [-0.15, -0.1) is 0 Å². The van der Waals surface area contributed by atoms with E-state index in [0.29, 0.717) is 11.1 Å². The first-order chi connectivity index (χ1) is 12.2. The van der Waals surface area contributed by atoms with E-state index in [-0.39, 0.29) is 17.9 Å². The lowest BCUT2D eigenvalue weighted by atomic mass is 9.96. The first-order valence-corrected chi connectivity index (χ1v) is 7.83. The highest BCUT2D eigenvalue weighted by atomic mass is 16.6. The van der Waals surface area contributed by atoms with Gasteiger partial charge in [-0.25, -0.2) is 0 Å². The first-order valence-electron chi connectivity index (χ1n) is 7.83. The maximum absolute atomic E-state index is 12.0. The van der Waals surface area contributed by atoms with Gasteiger partial charge in [0.2, 0.25) is 0 Å². The number of hydrogen-bond acceptors (Lipinski definition) is 5. The molecule has 0 bridgehead atoms. The Bertz CT molecular complexity index is 834. The van der Waals surface area contributed by atoms with Gasteiger partial charge in [-0.1, -0.05) is 36.4 Å². The number of non-ortho nitro benzene ring substituents is 1. The molecule has 0 heterocycles. The van der Waals surface area contributed by atoms with Crippen molar-refractivity contribution in [3.05, 3.63) is 69.8 Å². The van der Waals surface area contributed by atoms with Gasteiger partial charge in [-0.2, -0.15) is 0 Å². The second-order valence-electron chi connectivity index (χ2n) is 6.03. The summed E-state index contributed by atoms with van der Waals surface area (Å²) in [5.41, 5.74) is -0.200. The lowest BCUT2D eigenvalue weighted by Crippen LogP contribution is -2.43. The number of nitrogens with one attached hydrogen (secondary N) is 2. The van der Waals surface area contributed by atoms with Crippen LogP contribution < -0.4 is 10.6 Å². The molecule has 2 rings (SSSR count). The van der Waals surface area contributed by atoms with Gasteiger partial charge in [-0.05, 0) is 25.0 Å². The fraction of sp³-hybridized carbons (Fsp3) is 0.222. The van der Waals surface area contributed by atoms with Crippen LogP contribution in [-0.4, -0.2) is 28.4 Å². The monoisotopic (exact) mass is 357 g/mol. The second kappa shape index (κ2) is 7.75. The van der Waals surface area contributed by atoms with Gasteiger partial charge in [0.05, 0.1) is 17.2 Å². The lowest BCUT2D eigenvalue weighted by molar-refractivity contribution is -0.384. The number of aryl methyl sites for hydroxylation is 1. The Balaban J connectivity index is 2.01. The Kier molecular flexibility index (Phi) is 5.68. The molecule has 2 amide bonds. The van der Waals surface area contributed by atoms with Crippen molar-refractivity contribution in [3.8, 4) is 0 Å². The van der Waals surface area contributed by atoms with E-state index < -0.39 is 22.3 Å². The summed E-state index contributed by atoms with van der Waals surface area (Å²) in [4.78, 5) is 34.2. The zero-order valence-electron chi connectivity index (χ0n) is 14.4. The van der Waals surface area contributed by atoms with Gasteiger partial charge in [0, 0.05) is 12.1 Å². The van der Waals surface area contributed by atoms with Crippen LogP contribution in [0.1, 0.15) is 18.1 Å². The van der Waals surface area contributed by atoms with E-state index >= 15 is 0 Å². The smallest absolute Gasteiger partial charge is 0.313 e. The molecule has 0 spiro atoms. The van der Waals surface area contributed by atoms with Crippen LogP contribution in [0.3, 0.4) is 0 Å². The van der Waals surface area contributed by atoms with Crippen molar-refractivity contribution in [2.75, 3.05) is 11.9 Å². The molecule has 0 aliphatic rings. The SMILES string of the molecule is Cc1ccc([N+](=O)[O-])cc1NC(=O)C(=O)NCC(C)(O)c1ccccc1. The molecule has 1 unspecified atom stereocenters. The zero-order valence-corrected chi connectivity index (χ0v) is 14.4. The largest absolute Gasteiger partial charge is 0.384 e. The average Bonchev–Trinajstić information content (AvgIpc) is 2.62. The molecule has 0 aromatic heterocycles. The molecule has 2 aromatic rings. The standard InChI is InChI=1S/C18H19N3O5/c1-12-8-9-14(21(25)26)10-15(12)20-17(23)16(22)19-11-18(2,24)13-6-4-3-5-7-13/h3-10,24H,11H2,1-2H3,(H,19,22)(H,20,23). The van der Waals surface area contributed by atoms with Crippen LogP contribution in [0.2, 0.25) is 0 Å². The van der Waals surface area contributed by atoms with Gasteiger partial charge in [0.25, 0.3) is 5.69 Å². The van der Waals surface area contributed by atoms with Crippen molar-refractivity contribution in [2.24, 2.45) is 0 Å². The Hall–Kier alpha value is -3.26. The summed E-state index contributed by atoms with van der Waals surface area (Å²) in [5.74, 6) is -1.93. The second-order valence-corrected chi connectivity index (χ2v) is 6.03. The number of amides is 2. The molecule has 0 fully saturated rings. The van der Waals surface area contributed by atoms with Crippen molar-refractivity contribution in [1.29, 1.82) is 0 Å². The highest BCUT2D eigenvalue weighted by molar-refractivity contribution is 6.39. The summed E-state index contributed by atoms with van der Waals surface area (Å²) >= 11 is 0. The number of benzene rings is 2. The quantitative estimate of drug-likeness (QED) is 0.428. The number of nitro benzene ring substituents is 1. The minimum absolute atomic E-state index is 0.169.